The number of amides is 2. The zero-order valence-corrected chi connectivity index (χ0v) is 31.0. The lowest BCUT2D eigenvalue weighted by molar-refractivity contribution is 0.262. The van der Waals surface area contributed by atoms with Crippen LogP contribution in [0.25, 0.3) is 21.5 Å². The first-order valence-corrected chi connectivity index (χ1v) is 21.1. The highest BCUT2D eigenvalue weighted by Gasteiger charge is 2.22. The maximum atomic E-state index is 12.6. The lowest BCUT2D eigenvalue weighted by atomic mass is 10.1. The van der Waals surface area contributed by atoms with E-state index in [-0.39, 0.29) is 32.9 Å². The molecule has 0 aliphatic heterocycles. The van der Waals surface area contributed by atoms with Gasteiger partial charge in [-0.3, -0.25) is 18.2 Å². The highest BCUT2D eigenvalue weighted by atomic mass is 32.2. The molecule has 0 saturated heterocycles. The second-order valence-electron chi connectivity index (χ2n) is 11.6. The van der Waals surface area contributed by atoms with E-state index in [1.54, 1.807) is 0 Å². The number of urea groups is 1. The Labute approximate surface area is 317 Å². The standard InChI is InChI=1S/C33H24N6O13S4/c40-33(34-21-5-9-23(10-6-21)36-38-25-3-1-19-13-27(53(41,42)43)17-31(29(19)15-25)55(47,48)49)35-22-7-11-24(12-8-22)37-39-26-4-2-20-14-28(54(44,45)46)18-32(30(20)16-26)56(50,51)52/h1-18H,(H2,34,35,40)(H,41,42,43)(H,44,45,46)(H,47,48,49)(H,50,51,52). The van der Waals surface area contributed by atoms with Gasteiger partial charge in [0.25, 0.3) is 40.5 Å². The average molecular weight is 841 g/mol. The van der Waals surface area contributed by atoms with Gasteiger partial charge in [0, 0.05) is 22.1 Å². The van der Waals surface area contributed by atoms with Crippen molar-refractivity contribution in [1.29, 1.82) is 0 Å². The number of fused-ring (bicyclic) bond motifs is 2. The fraction of sp³-hybridized carbons (Fsp3) is 0. The Morgan fingerprint density at radius 3 is 1.05 bits per heavy atom. The van der Waals surface area contributed by atoms with Crippen molar-refractivity contribution in [2.75, 3.05) is 10.6 Å². The van der Waals surface area contributed by atoms with Crippen molar-refractivity contribution < 1.29 is 56.7 Å². The Balaban J connectivity index is 1.09. The Bertz CT molecular complexity index is 2880. The minimum Gasteiger partial charge on any atom is -0.308 e. The van der Waals surface area contributed by atoms with Crippen LogP contribution in [0, 0.1) is 0 Å². The number of rotatable bonds is 10. The highest BCUT2D eigenvalue weighted by molar-refractivity contribution is 7.87. The smallest absolute Gasteiger partial charge is 0.308 e. The molecule has 0 aliphatic carbocycles. The second kappa shape index (κ2) is 14.9. The van der Waals surface area contributed by atoms with Gasteiger partial charge < -0.3 is 10.6 Å². The number of hydrogen-bond donors (Lipinski definition) is 6. The van der Waals surface area contributed by atoms with Crippen LogP contribution in [-0.2, 0) is 40.5 Å². The molecule has 0 aromatic heterocycles. The summed E-state index contributed by atoms with van der Waals surface area (Å²) in [7, 11) is -19.3. The summed E-state index contributed by atoms with van der Waals surface area (Å²) in [5, 5.41) is 21.6. The number of azo groups is 2. The summed E-state index contributed by atoms with van der Waals surface area (Å²) in [4.78, 5) is 9.66. The van der Waals surface area contributed by atoms with Crippen molar-refractivity contribution in [1.82, 2.24) is 0 Å². The van der Waals surface area contributed by atoms with Crippen LogP contribution in [0.15, 0.2) is 149 Å². The van der Waals surface area contributed by atoms with E-state index in [2.05, 4.69) is 31.1 Å². The average Bonchev–Trinajstić information content (AvgIpc) is 3.11. The third kappa shape index (κ3) is 9.42. The molecule has 0 heterocycles. The van der Waals surface area contributed by atoms with E-state index in [1.807, 2.05) is 0 Å². The molecule has 0 aliphatic rings. The maximum absolute atomic E-state index is 12.6. The molecule has 0 unspecified atom stereocenters. The Hall–Kier alpha value is -6.05. The van der Waals surface area contributed by atoms with Crippen molar-refractivity contribution in [3.63, 3.8) is 0 Å². The van der Waals surface area contributed by atoms with Crippen molar-refractivity contribution in [3.05, 3.63) is 109 Å². The predicted octanol–water partition coefficient (Wildman–Crippen LogP) is 7.45. The highest BCUT2D eigenvalue weighted by Crippen LogP contribution is 2.33. The van der Waals surface area contributed by atoms with Crippen LogP contribution >= 0.6 is 0 Å². The summed E-state index contributed by atoms with van der Waals surface area (Å²) in [5.41, 5.74) is 1.74. The number of benzene rings is 6. The van der Waals surface area contributed by atoms with Crippen molar-refractivity contribution in [3.8, 4) is 0 Å². The van der Waals surface area contributed by atoms with Crippen LogP contribution in [0.2, 0.25) is 0 Å². The van der Waals surface area contributed by atoms with Gasteiger partial charge in [0.05, 0.1) is 32.5 Å². The number of hydrogen-bond acceptors (Lipinski definition) is 13. The Morgan fingerprint density at radius 2 is 0.732 bits per heavy atom. The summed E-state index contributed by atoms with van der Waals surface area (Å²) in [6.45, 7) is 0. The van der Waals surface area contributed by atoms with Gasteiger partial charge in [-0.25, -0.2) is 4.79 Å². The normalized spacial score (nSPS) is 12.8. The first-order valence-electron chi connectivity index (χ1n) is 15.3. The zero-order valence-electron chi connectivity index (χ0n) is 27.8. The predicted molar refractivity (Wildman–Crippen MR) is 201 cm³/mol. The summed E-state index contributed by atoms with van der Waals surface area (Å²) in [6.07, 6.45) is 0. The molecule has 23 heteroatoms. The van der Waals surface area contributed by atoms with Crippen LogP contribution in [0.4, 0.5) is 38.9 Å². The molecule has 56 heavy (non-hydrogen) atoms. The van der Waals surface area contributed by atoms with E-state index in [9.17, 15) is 56.7 Å². The lowest BCUT2D eigenvalue weighted by Gasteiger charge is -2.08. The van der Waals surface area contributed by atoms with Gasteiger partial charge in [-0.05, 0) is 108 Å². The van der Waals surface area contributed by atoms with Crippen LogP contribution < -0.4 is 10.6 Å². The number of nitrogens with zero attached hydrogens (tertiary/aromatic N) is 4. The fourth-order valence-electron chi connectivity index (χ4n) is 5.17. The van der Waals surface area contributed by atoms with Crippen LogP contribution in [0.3, 0.4) is 0 Å². The summed E-state index contributed by atoms with van der Waals surface area (Å²) >= 11 is 0. The molecule has 6 aromatic carbocycles. The van der Waals surface area contributed by atoms with E-state index < -0.39 is 66.1 Å². The number of carbonyl (C=O) groups excluding carboxylic acids is 1. The maximum Gasteiger partial charge on any atom is 0.323 e. The van der Waals surface area contributed by atoms with Gasteiger partial charge in [-0.1, -0.05) is 12.1 Å². The zero-order chi connectivity index (χ0) is 40.6. The molecule has 19 nitrogen and oxygen atoms in total. The van der Waals surface area contributed by atoms with Gasteiger partial charge in [0.1, 0.15) is 9.79 Å². The third-order valence-corrected chi connectivity index (χ3v) is 11.2. The van der Waals surface area contributed by atoms with E-state index in [0.717, 1.165) is 12.1 Å². The minimum absolute atomic E-state index is 0.0657. The van der Waals surface area contributed by atoms with Crippen molar-refractivity contribution in [2.45, 2.75) is 19.6 Å². The monoisotopic (exact) mass is 840 g/mol. The molecule has 6 N–H and O–H groups in total. The number of nitrogens with one attached hydrogen (secondary N) is 2. The van der Waals surface area contributed by atoms with E-state index in [0.29, 0.717) is 34.9 Å². The van der Waals surface area contributed by atoms with Crippen LogP contribution in [0.5, 0.6) is 0 Å². The number of anilines is 2. The van der Waals surface area contributed by atoms with Gasteiger partial charge in [0.2, 0.25) is 0 Å². The lowest BCUT2D eigenvalue weighted by Crippen LogP contribution is -2.19. The molecular formula is C33H24N6O13S4. The van der Waals surface area contributed by atoms with Crippen molar-refractivity contribution >= 4 is 102 Å². The molecule has 6 aromatic rings. The summed E-state index contributed by atoms with van der Waals surface area (Å²) < 4.78 is 132. The summed E-state index contributed by atoms with van der Waals surface area (Å²) in [5.74, 6) is 0. The molecule has 0 spiro atoms. The first-order chi connectivity index (χ1) is 26.1. The van der Waals surface area contributed by atoms with Gasteiger partial charge >= 0.3 is 6.03 Å². The molecule has 0 fully saturated rings. The van der Waals surface area contributed by atoms with Crippen LogP contribution in [0.1, 0.15) is 0 Å². The number of carbonyl (C=O) groups is 1. The topological polar surface area (TPSA) is 308 Å². The molecule has 0 atom stereocenters. The van der Waals surface area contributed by atoms with Gasteiger partial charge in [-0.2, -0.15) is 54.1 Å². The Kier molecular flexibility index (Phi) is 10.5. The molecule has 6 rings (SSSR count). The minimum atomic E-state index is -4.89. The van der Waals surface area contributed by atoms with Gasteiger partial charge in [0.15, 0.2) is 0 Å². The Morgan fingerprint density at radius 1 is 0.411 bits per heavy atom. The van der Waals surface area contributed by atoms with E-state index in [4.69, 9.17) is 0 Å². The SMILES string of the molecule is O=C(Nc1ccc(N=Nc2ccc3cc(S(=O)(=O)O)cc(S(=O)(=O)O)c3c2)cc1)Nc1ccc(N=Nc2ccc3cc(S(=O)(=O)O)cc(S(=O)(=O)O)c3c2)cc1. The van der Waals surface area contributed by atoms with E-state index in [1.165, 1.54) is 84.9 Å². The fourth-order valence-corrected chi connectivity index (χ4v) is 7.86. The third-order valence-electron chi connectivity index (χ3n) is 7.71. The largest absolute Gasteiger partial charge is 0.323 e. The second-order valence-corrected chi connectivity index (χ2v) is 17.2. The molecule has 0 saturated carbocycles. The van der Waals surface area contributed by atoms with Gasteiger partial charge in [-0.15, -0.1) is 0 Å². The van der Waals surface area contributed by atoms with E-state index >= 15 is 0 Å². The molecule has 288 valence electrons. The quantitative estimate of drug-likeness (QED) is 0.0577. The molecule has 0 radical (unpaired) electrons. The molecular weight excluding hydrogens is 817 g/mol. The van der Waals surface area contributed by atoms with Crippen molar-refractivity contribution in [2.24, 2.45) is 20.5 Å². The first kappa shape index (κ1) is 39.6. The molecule has 2 amide bonds. The summed E-state index contributed by atoms with van der Waals surface area (Å²) in [6, 6.07) is 23.0. The molecule has 0 bridgehead atoms. The van der Waals surface area contributed by atoms with Crippen LogP contribution in [-0.4, -0.2) is 57.9 Å².